The number of likely N-dealkylation sites (tertiary alicyclic amines) is 1. The summed E-state index contributed by atoms with van der Waals surface area (Å²) in [6, 6.07) is -1.94. The van der Waals surface area contributed by atoms with Crippen LogP contribution in [0.3, 0.4) is 0 Å². The Balaban J connectivity index is 1.89. The number of ketones is 2. The highest BCUT2D eigenvalue weighted by Gasteiger charge is 2.46. The number of rotatable bonds is 15. The van der Waals surface area contributed by atoms with E-state index in [1.54, 1.807) is 45.0 Å². The molecule has 0 unspecified atom stereocenters. The number of methoxy groups -OCH3 is 1. The molecule has 3 saturated heterocycles. The van der Waals surface area contributed by atoms with Crippen molar-refractivity contribution in [2.45, 2.75) is 201 Å². The molecule has 21 nitrogen and oxygen atoms in total. The Hall–Kier alpha value is -5.96. The number of likely N-dealkylation sites (N-methyl/N-ethyl adjacent to an activating group) is 2. The first-order chi connectivity index (χ1) is 37.0. The molecule has 7 amide bonds. The summed E-state index contributed by atoms with van der Waals surface area (Å²) in [4.78, 5) is 149. The van der Waals surface area contributed by atoms with Gasteiger partial charge in [0.2, 0.25) is 35.4 Å². The first kappa shape index (κ1) is 65.6. The van der Waals surface area contributed by atoms with Crippen LogP contribution in [-0.4, -0.2) is 184 Å². The SMILES string of the molecule is CC[C@H](C)[C@H]1NC(=O)[C@@H](NC(=O)[C@@H](CC(C)C)N(C)C(=O)[C@@H]2CCCN2C(=O)[C@H](C)O)[C@@H](C)OC(=O)[C@H](Cc2ccc(OC)cc2)N(C)C(=O)[C@@H]2CCCN2C(=O)[C@H](CC(C)C)NC(=O)[C@@H](C)C(=O)[C@H](C(C)C)CC(=O)C[C@@H]1O. The van der Waals surface area contributed by atoms with Gasteiger partial charge in [0, 0.05) is 52.4 Å². The van der Waals surface area contributed by atoms with Gasteiger partial charge in [0.25, 0.3) is 5.91 Å². The molecule has 3 aliphatic rings. The molecular weight excluding hydrogens is 1020 g/mol. The number of cyclic esters (lactones) is 1. The van der Waals surface area contributed by atoms with Gasteiger partial charge >= 0.3 is 5.97 Å². The molecule has 0 bridgehead atoms. The lowest BCUT2D eigenvalue weighted by molar-refractivity contribution is -0.162. The monoisotopic (exact) mass is 1110 g/mol. The number of nitrogens with one attached hydrogen (secondary N) is 3. The van der Waals surface area contributed by atoms with E-state index in [2.05, 4.69) is 16.0 Å². The number of aliphatic hydroxyl groups excluding tert-OH is 2. The highest BCUT2D eigenvalue weighted by Crippen LogP contribution is 2.28. The number of Topliss-reactive ketones (excluding diaryl/α,β-unsaturated/α-hetero) is 2. The number of amides is 7. The first-order valence-corrected chi connectivity index (χ1v) is 28.3. The number of benzene rings is 1. The van der Waals surface area contributed by atoms with Crippen LogP contribution in [-0.2, 0) is 59.1 Å². The molecule has 0 spiro atoms. The van der Waals surface area contributed by atoms with Crippen molar-refractivity contribution in [1.29, 1.82) is 0 Å². The molecule has 3 aliphatic heterocycles. The van der Waals surface area contributed by atoms with E-state index >= 15 is 4.79 Å². The molecule has 21 heteroatoms. The van der Waals surface area contributed by atoms with Crippen molar-refractivity contribution >= 4 is 58.9 Å². The van der Waals surface area contributed by atoms with Crippen molar-refractivity contribution in [3.8, 4) is 5.75 Å². The Morgan fingerprint density at radius 1 is 0.861 bits per heavy atom. The fourth-order valence-electron chi connectivity index (χ4n) is 10.9. The van der Waals surface area contributed by atoms with E-state index in [4.69, 9.17) is 9.47 Å². The second kappa shape index (κ2) is 29.5. The summed E-state index contributed by atoms with van der Waals surface area (Å²) in [6.45, 7) is 18.9. The quantitative estimate of drug-likeness (QED) is 0.125. The lowest BCUT2D eigenvalue weighted by Crippen LogP contribution is -2.62. The molecule has 3 fully saturated rings. The standard InChI is InChI=1S/C58H91N7O14/c1-15-34(8)48-47(68)30-39(67)29-41(33(6)7)50(69)35(9)51(70)59-42(26-31(2)3)55(74)65-25-17-19-44(65)57(76)63(13)46(28-38-20-22-40(78-14)23-21-38)58(77)79-37(11)49(53(72)60-48)61-52(71)45(27-32(4)5)62(12)56(75)43-18-16-24-64(43)54(73)36(10)66/h20-23,31-37,41-49,66,68H,15-19,24-30H2,1-14H3,(H,59,70)(H,60,72)(H,61,71)/t34-,35-,36-,37+,41-,42-,43-,44-,45+,46-,47-,48+,49-/m0/s1. The lowest BCUT2D eigenvalue weighted by Gasteiger charge is -2.36. The number of carbonyl (C=O) groups excluding carboxylic acids is 10. The van der Waals surface area contributed by atoms with Crippen LogP contribution in [0.1, 0.15) is 140 Å². The van der Waals surface area contributed by atoms with E-state index in [1.165, 1.54) is 61.6 Å². The fourth-order valence-corrected chi connectivity index (χ4v) is 10.9. The summed E-state index contributed by atoms with van der Waals surface area (Å²) in [5.41, 5.74) is 0.581. The third-order valence-electron chi connectivity index (χ3n) is 16.0. The van der Waals surface area contributed by atoms with Crippen LogP contribution in [0, 0.1) is 35.5 Å². The normalized spacial score (nSPS) is 27.8. The topological polar surface area (TPSA) is 279 Å². The van der Waals surface area contributed by atoms with Crippen LogP contribution in [0.5, 0.6) is 5.75 Å². The smallest absolute Gasteiger partial charge is 0.329 e. The largest absolute Gasteiger partial charge is 0.497 e. The van der Waals surface area contributed by atoms with Crippen LogP contribution in [0.15, 0.2) is 24.3 Å². The van der Waals surface area contributed by atoms with Gasteiger partial charge < -0.3 is 55.2 Å². The Kier molecular flexibility index (Phi) is 24.5. The summed E-state index contributed by atoms with van der Waals surface area (Å²) in [6.07, 6.45) is -3.35. The Morgan fingerprint density at radius 3 is 2.06 bits per heavy atom. The van der Waals surface area contributed by atoms with Gasteiger partial charge in [-0.2, -0.15) is 0 Å². The maximum absolute atomic E-state index is 15.0. The first-order valence-electron chi connectivity index (χ1n) is 28.3. The number of carbonyl (C=O) groups is 10. The maximum atomic E-state index is 15.0. The Morgan fingerprint density at radius 2 is 1.49 bits per heavy atom. The molecule has 0 aromatic heterocycles. The molecule has 0 radical (unpaired) electrons. The lowest BCUT2D eigenvalue weighted by atomic mass is 9.80. The van der Waals surface area contributed by atoms with Crippen molar-refractivity contribution < 1.29 is 67.6 Å². The summed E-state index contributed by atoms with van der Waals surface area (Å²) < 4.78 is 11.5. The average molecular weight is 1110 g/mol. The van der Waals surface area contributed by atoms with Crippen molar-refractivity contribution in [2.24, 2.45) is 35.5 Å². The van der Waals surface area contributed by atoms with E-state index in [-0.39, 0.29) is 63.5 Å². The molecule has 79 heavy (non-hydrogen) atoms. The number of hydrogen-bond acceptors (Lipinski definition) is 14. The van der Waals surface area contributed by atoms with Gasteiger partial charge in [0.05, 0.1) is 25.2 Å². The number of fused-ring (bicyclic) bond motifs is 1. The summed E-state index contributed by atoms with van der Waals surface area (Å²) in [7, 11) is 4.32. The van der Waals surface area contributed by atoms with E-state index < -0.39 is 150 Å². The molecule has 3 heterocycles. The number of aliphatic hydroxyl groups is 2. The zero-order chi connectivity index (χ0) is 59.3. The van der Waals surface area contributed by atoms with Crippen molar-refractivity contribution in [3.63, 3.8) is 0 Å². The van der Waals surface area contributed by atoms with Gasteiger partial charge in [0.1, 0.15) is 65.8 Å². The van der Waals surface area contributed by atoms with Gasteiger partial charge in [0.15, 0.2) is 0 Å². The Bertz CT molecular complexity index is 2330. The number of ether oxygens (including phenoxy) is 2. The van der Waals surface area contributed by atoms with Crippen molar-refractivity contribution in [3.05, 3.63) is 29.8 Å². The zero-order valence-electron chi connectivity index (χ0n) is 49.1. The van der Waals surface area contributed by atoms with Gasteiger partial charge in [-0.25, -0.2) is 4.79 Å². The molecule has 1 aromatic rings. The minimum Gasteiger partial charge on any atom is -0.497 e. The van der Waals surface area contributed by atoms with E-state index in [0.29, 0.717) is 30.6 Å². The number of hydrogen-bond donors (Lipinski definition) is 5. The maximum Gasteiger partial charge on any atom is 0.329 e. The third-order valence-corrected chi connectivity index (χ3v) is 16.0. The molecule has 0 saturated carbocycles. The van der Waals surface area contributed by atoms with Crippen LogP contribution >= 0.6 is 0 Å². The minimum atomic E-state index is -1.73. The molecule has 442 valence electrons. The summed E-state index contributed by atoms with van der Waals surface area (Å²) in [5, 5.41) is 30.5. The van der Waals surface area contributed by atoms with Crippen LogP contribution in [0.25, 0.3) is 0 Å². The van der Waals surface area contributed by atoms with Gasteiger partial charge in [-0.1, -0.05) is 73.9 Å². The second-order valence-electron chi connectivity index (χ2n) is 23.4. The summed E-state index contributed by atoms with van der Waals surface area (Å²) in [5.74, 6) is -9.84. The van der Waals surface area contributed by atoms with Crippen LogP contribution in [0.2, 0.25) is 0 Å². The molecule has 4 rings (SSSR count). The van der Waals surface area contributed by atoms with E-state index in [1.807, 2.05) is 34.6 Å². The molecule has 5 N–H and O–H groups in total. The predicted octanol–water partition coefficient (Wildman–Crippen LogP) is 2.98. The second-order valence-corrected chi connectivity index (χ2v) is 23.4. The Labute approximate surface area is 467 Å². The third kappa shape index (κ3) is 17.0. The minimum absolute atomic E-state index is 0.0859. The van der Waals surface area contributed by atoms with Crippen LogP contribution in [0.4, 0.5) is 0 Å². The zero-order valence-corrected chi connectivity index (χ0v) is 49.1. The van der Waals surface area contributed by atoms with Crippen molar-refractivity contribution in [2.75, 3.05) is 34.3 Å². The molecule has 0 aliphatic carbocycles. The van der Waals surface area contributed by atoms with E-state index in [0.717, 1.165) is 0 Å². The highest BCUT2D eigenvalue weighted by molar-refractivity contribution is 6.05. The predicted molar refractivity (Wildman–Crippen MR) is 293 cm³/mol. The summed E-state index contributed by atoms with van der Waals surface area (Å²) >= 11 is 0. The van der Waals surface area contributed by atoms with Crippen molar-refractivity contribution in [1.82, 2.24) is 35.6 Å². The van der Waals surface area contributed by atoms with E-state index in [9.17, 15) is 53.4 Å². The molecule has 1 aromatic carbocycles. The highest BCUT2D eigenvalue weighted by atomic mass is 16.5. The molecular formula is C58H91N7O14. The molecule has 13 atom stereocenters. The van der Waals surface area contributed by atoms with Gasteiger partial charge in [-0.3, -0.25) is 43.2 Å². The average Bonchev–Trinajstić information content (AvgIpc) is 4.13. The van der Waals surface area contributed by atoms with Gasteiger partial charge in [-0.05, 0) is 101 Å². The number of nitrogens with zero attached hydrogens (tertiary/aromatic N) is 4. The van der Waals surface area contributed by atoms with Crippen LogP contribution < -0.4 is 20.7 Å². The fraction of sp³-hybridized carbons (Fsp3) is 0.724. The van der Waals surface area contributed by atoms with Gasteiger partial charge in [-0.15, -0.1) is 0 Å². The number of esters is 1.